The smallest absolute Gasteiger partial charge is 0.410 e. The van der Waals surface area contributed by atoms with Crippen LogP contribution in [-0.4, -0.2) is 52.7 Å². The van der Waals surface area contributed by atoms with Crippen LogP contribution in [0.3, 0.4) is 0 Å². The van der Waals surface area contributed by atoms with Crippen molar-refractivity contribution in [3.8, 4) is 0 Å². The summed E-state index contributed by atoms with van der Waals surface area (Å²) in [6.07, 6.45) is 4.41. The van der Waals surface area contributed by atoms with Crippen LogP contribution in [0.2, 0.25) is 5.28 Å². The summed E-state index contributed by atoms with van der Waals surface area (Å²) in [4.78, 5) is 25.0. The number of furan rings is 1. The van der Waals surface area contributed by atoms with Crippen LogP contribution in [0, 0.1) is 5.41 Å². The van der Waals surface area contributed by atoms with Gasteiger partial charge in [0.2, 0.25) is 5.28 Å². The lowest BCUT2D eigenvalue weighted by Crippen LogP contribution is -2.43. The Balaban J connectivity index is 1.43. The van der Waals surface area contributed by atoms with E-state index in [0.717, 1.165) is 56.8 Å². The highest BCUT2D eigenvalue weighted by molar-refractivity contribution is 6.28. The number of carbonyl (C=O) groups is 1. The number of aromatic nitrogens is 2. The van der Waals surface area contributed by atoms with Crippen molar-refractivity contribution in [2.45, 2.75) is 45.6 Å². The highest BCUT2D eigenvalue weighted by Gasteiger charge is 2.43. The van der Waals surface area contributed by atoms with Crippen molar-refractivity contribution in [3.63, 3.8) is 0 Å². The predicted octanol–water partition coefficient (Wildman–Crippen LogP) is 4.10. The van der Waals surface area contributed by atoms with Crippen molar-refractivity contribution < 1.29 is 13.9 Å². The van der Waals surface area contributed by atoms with Gasteiger partial charge in [-0.25, -0.2) is 9.78 Å². The van der Waals surface area contributed by atoms with E-state index in [-0.39, 0.29) is 16.8 Å². The molecule has 0 aromatic carbocycles. The molecule has 27 heavy (non-hydrogen) atoms. The van der Waals surface area contributed by atoms with Gasteiger partial charge < -0.3 is 19.0 Å². The van der Waals surface area contributed by atoms with Gasteiger partial charge in [0.25, 0.3) is 0 Å². The lowest BCUT2D eigenvalue weighted by molar-refractivity contribution is 0.0266. The van der Waals surface area contributed by atoms with Crippen molar-refractivity contribution in [3.05, 3.63) is 17.6 Å². The van der Waals surface area contributed by atoms with Gasteiger partial charge in [-0.15, -0.1) is 0 Å². The largest absolute Gasteiger partial charge is 0.459 e. The van der Waals surface area contributed by atoms with E-state index in [1.807, 2.05) is 25.7 Å². The molecule has 0 bridgehead atoms. The summed E-state index contributed by atoms with van der Waals surface area (Å²) in [5.74, 6) is 0.756. The number of piperidine rings is 1. The Morgan fingerprint density at radius 2 is 1.93 bits per heavy atom. The fourth-order valence-electron chi connectivity index (χ4n) is 4.05. The first-order valence-electron chi connectivity index (χ1n) is 9.38. The summed E-state index contributed by atoms with van der Waals surface area (Å²) >= 11 is 6.08. The van der Waals surface area contributed by atoms with Gasteiger partial charge in [0.1, 0.15) is 11.1 Å². The normalized spacial score (nSPS) is 19.9. The van der Waals surface area contributed by atoms with E-state index in [1.165, 1.54) is 0 Å². The molecular weight excluding hydrogens is 368 g/mol. The van der Waals surface area contributed by atoms with Crippen LogP contribution >= 0.6 is 11.6 Å². The molecule has 0 N–H and O–H groups in total. The molecule has 0 unspecified atom stereocenters. The standard InChI is InChI=1S/C19H25ClN4O3/c1-18(2,3)27-17(25)24-10-7-19(12-24)5-8-23(9-6-19)15-14-13(4-11-26-14)21-16(20)22-15/h4,11H,5-10,12H2,1-3H3. The van der Waals surface area contributed by atoms with E-state index in [2.05, 4.69) is 14.9 Å². The molecular formula is C19H25ClN4O3. The first kappa shape index (κ1) is 18.3. The summed E-state index contributed by atoms with van der Waals surface area (Å²) in [5.41, 5.74) is 1.10. The molecule has 2 saturated heterocycles. The minimum atomic E-state index is -0.461. The Morgan fingerprint density at radius 1 is 1.22 bits per heavy atom. The summed E-state index contributed by atoms with van der Waals surface area (Å²) in [5, 5.41) is 0.233. The fraction of sp³-hybridized carbons (Fsp3) is 0.632. The maximum Gasteiger partial charge on any atom is 0.410 e. The minimum Gasteiger partial charge on any atom is -0.459 e. The van der Waals surface area contributed by atoms with E-state index < -0.39 is 5.60 Å². The number of likely N-dealkylation sites (tertiary alicyclic amines) is 1. The number of nitrogens with zero attached hydrogens (tertiary/aromatic N) is 4. The van der Waals surface area contributed by atoms with Crippen LogP contribution in [-0.2, 0) is 4.74 Å². The zero-order valence-corrected chi connectivity index (χ0v) is 16.8. The maximum absolute atomic E-state index is 12.4. The molecule has 7 nitrogen and oxygen atoms in total. The second-order valence-electron chi connectivity index (χ2n) is 8.59. The zero-order chi connectivity index (χ0) is 19.2. The monoisotopic (exact) mass is 392 g/mol. The molecule has 1 amide bonds. The highest BCUT2D eigenvalue weighted by atomic mass is 35.5. The van der Waals surface area contributed by atoms with Gasteiger partial charge in [0.15, 0.2) is 11.4 Å². The molecule has 146 valence electrons. The Morgan fingerprint density at radius 3 is 2.63 bits per heavy atom. The molecule has 1 spiro atoms. The number of hydrogen-bond donors (Lipinski definition) is 0. The number of fused-ring (bicyclic) bond motifs is 1. The molecule has 4 rings (SSSR count). The predicted molar refractivity (Wildman–Crippen MR) is 103 cm³/mol. The number of hydrogen-bond acceptors (Lipinski definition) is 6. The van der Waals surface area contributed by atoms with Crippen molar-refractivity contribution in [2.24, 2.45) is 5.41 Å². The van der Waals surface area contributed by atoms with E-state index in [9.17, 15) is 4.79 Å². The van der Waals surface area contributed by atoms with Crippen molar-refractivity contribution in [1.29, 1.82) is 0 Å². The van der Waals surface area contributed by atoms with Crippen LogP contribution < -0.4 is 4.90 Å². The fourth-order valence-corrected chi connectivity index (χ4v) is 4.22. The molecule has 0 atom stereocenters. The molecule has 8 heteroatoms. The summed E-state index contributed by atoms with van der Waals surface area (Å²) in [6, 6.07) is 1.80. The molecule has 2 aromatic rings. The van der Waals surface area contributed by atoms with Crippen LogP contribution in [0.25, 0.3) is 11.1 Å². The Hall–Kier alpha value is -2.02. The summed E-state index contributed by atoms with van der Waals surface area (Å²) in [6.45, 7) is 8.93. The van der Waals surface area contributed by atoms with Gasteiger partial charge in [-0.2, -0.15) is 4.98 Å². The molecule has 2 aliphatic heterocycles. The van der Waals surface area contributed by atoms with E-state index in [0.29, 0.717) is 5.58 Å². The Kier molecular flexibility index (Phi) is 4.45. The average Bonchev–Trinajstić information content (AvgIpc) is 3.21. The summed E-state index contributed by atoms with van der Waals surface area (Å²) in [7, 11) is 0. The first-order chi connectivity index (χ1) is 12.7. The number of carbonyl (C=O) groups excluding carboxylic acids is 1. The van der Waals surface area contributed by atoms with Gasteiger partial charge in [0, 0.05) is 32.2 Å². The Labute approximate surface area is 163 Å². The first-order valence-corrected chi connectivity index (χ1v) is 9.76. The quantitative estimate of drug-likeness (QED) is 0.680. The minimum absolute atomic E-state index is 0.159. The van der Waals surface area contributed by atoms with Crippen LogP contribution in [0.5, 0.6) is 0 Å². The van der Waals surface area contributed by atoms with Crippen LogP contribution in [0.4, 0.5) is 10.6 Å². The number of rotatable bonds is 1. The van der Waals surface area contributed by atoms with Gasteiger partial charge in [-0.3, -0.25) is 0 Å². The van der Waals surface area contributed by atoms with E-state index in [1.54, 1.807) is 12.3 Å². The van der Waals surface area contributed by atoms with Gasteiger partial charge in [-0.05, 0) is 57.0 Å². The van der Waals surface area contributed by atoms with E-state index in [4.69, 9.17) is 20.8 Å². The second-order valence-corrected chi connectivity index (χ2v) is 8.93. The number of ether oxygens (including phenoxy) is 1. The topological polar surface area (TPSA) is 71.7 Å². The number of anilines is 1. The van der Waals surface area contributed by atoms with Gasteiger partial charge >= 0.3 is 6.09 Å². The third kappa shape index (κ3) is 3.70. The van der Waals surface area contributed by atoms with E-state index >= 15 is 0 Å². The lowest BCUT2D eigenvalue weighted by atomic mass is 9.78. The molecule has 2 aromatic heterocycles. The lowest BCUT2D eigenvalue weighted by Gasteiger charge is -2.39. The molecule has 2 aliphatic rings. The van der Waals surface area contributed by atoms with Gasteiger partial charge in [0.05, 0.1) is 6.26 Å². The maximum atomic E-state index is 12.4. The third-order valence-corrected chi connectivity index (χ3v) is 5.64. The Bertz CT molecular complexity index is 852. The molecule has 0 saturated carbocycles. The van der Waals surface area contributed by atoms with Gasteiger partial charge in [-0.1, -0.05) is 0 Å². The summed E-state index contributed by atoms with van der Waals surface area (Å²) < 4.78 is 11.1. The van der Waals surface area contributed by atoms with Crippen LogP contribution in [0.15, 0.2) is 16.7 Å². The molecule has 2 fully saturated rings. The van der Waals surface area contributed by atoms with Crippen molar-refractivity contribution in [2.75, 3.05) is 31.1 Å². The SMILES string of the molecule is CC(C)(C)OC(=O)N1CCC2(CCN(c3nc(Cl)nc4ccoc34)CC2)C1. The zero-order valence-electron chi connectivity index (χ0n) is 16.0. The van der Waals surface area contributed by atoms with Crippen molar-refractivity contribution >= 4 is 34.6 Å². The number of halogens is 1. The van der Waals surface area contributed by atoms with Crippen LogP contribution in [0.1, 0.15) is 40.0 Å². The molecule has 0 aliphatic carbocycles. The average molecular weight is 393 g/mol. The third-order valence-electron chi connectivity index (χ3n) is 5.47. The van der Waals surface area contributed by atoms with Crippen molar-refractivity contribution in [1.82, 2.24) is 14.9 Å². The molecule has 4 heterocycles. The molecule has 0 radical (unpaired) electrons. The second kappa shape index (κ2) is 6.55. The highest BCUT2D eigenvalue weighted by Crippen LogP contribution is 2.42. The number of amides is 1.